The van der Waals surface area contributed by atoms with Crippen LogP contribution in [0.25, 0.3) is 6.08 Å². The van der Waals surface area contributed by atoms with E-state index in [1.165, 1.54) is 28.7 Å². The monoisotopic (exact) mass is 360 g/mol. The molecule has 5 rings (SSSR count). The number of aryl methyl sites for hydroxylation is 1. The molecular formula is C25H28O2. The first kappa shape index (κ1) is 17.1. The summed E-state index contributed by atoms with van der Waals surface area (Å²) in [5, 5.41) is 21.1. The van der Waals surface area contributed by atoms with Gasteiger partial charge >= 0.3 is 0 Å². The second-order valence-corrected chi connectivity index (χ2v) is 9.08. The van der Waals surface area contributed by atoms with Crippen LogP contribution in [-0.2, 0) is 6.42 Å². The molecule has 27 heavy (non-hydrogen) atoms. The zero-order valence-corrected chi connectivity index (χ0v) is 15.9. The molecule has 5 atom stereocenters. The molecule has 3 aliphatic carbocycles. The third kappa shape index (κ3) is 2.65. The molecule has 0 aromatic heterocycles. The van der Waals surface area contributed by atoms with Gasteiger partial charge in [0.15, 0.2) is 0 Å². The third-order valence-corrected chi connectivity index (χ3v) is 7.73. The van der Waals surface area contributed by atoms with E-state index in [9.17, 15) is 10.2 Å². The van der Waals surface area contributed by atoms with Gasteiger partial charge in [0.2, 0.25) is 0 Å². The van der Waals surface area contributed by atoms with Crippen LogP contribution in [0.15, 0.2) is 54.1 Å². The van der Waals surface area contributed by atoms with Crippen LogP contribution >= 0.6 is 0 Å². The van der Waals surface area contributed by atoms with Gasteiger partial charge in [-0.15, -0.1) is 0 Å². The Morgan fingerprint density at radius 2 is 1.89 bits per heavy atom. The SMILES string of the molecule is CC12CCC3c4ccc(O)cc4CCC3C1C/C(=C\c1ccccc1)C2O. The van der Waals surface area contributed by atoms with Crippen LogP contribution in [0, 0.1) is 17.3 Å². The molecule has 0 bridgehead atoms. The Labute approximate surface area is 161 Å². The molecule has 2 heteroatoms. The Morgan fingerprint density at radius 3 is 2.70 bits per heavy atom. The maximum Gasteiger partial charge on any atom is 0.115 e. The summed E-state index contributed by atoms with van der Waals surface area (Å²) in [6, 6.07) is 16.4. The molecule has 3 aliphatic rings. The molecule has 0 radical (unpaired) electrons. The molecule has 2 aromatic carbocycles. The molecule has 2 N–H and O–H groups in total. The predicted octanol–water partition coefficient (Wildman–Crippen LogP) is 5.30. The summed E-state index contributed by atoms with van der Waals surface area (Å²) in [5.74, 6) is 2.15. The van der Waals surface area contributed by atoms with E-state index < -0.39 is 0 Å². The number of aliphatic hydroxyl groups is 1. The lowest BCUT2D eigenvalue weighted by Gasteiger charge is -2.49. The van der Waals surface area contributed by atoms with Gasteiger partial charge in [-0.2, -0.15) is 0 Å². The fourth-order valence-corrected chi connectivity index (χ4v) is 6.33. The van der Waals surface area contributed by atoms with Crippen LogP contribution in [0.3, 0.4) is 0 Å². The first-order chi connectivity index (χ1) is 13.1. The standard InChI is InChI=1S/C25H28O2/c1-25-12-11-21-20-10-8-19(26)14-17(20)7-9-22(21)23(25)15-18(24(25)27)13-16-5-3-2-4-6-16/h2-6,8,10,13-14,21-24,26-27H,7,9,11-12,15H2,1H3/b18-13+. The minimum atomic E-state index is -0.329. The highest BCUT2D eigenvalue weighted by atomic mass is 16.3. The molecule has 0 heterocycles. The average Bonchev–Trinajstić information content (AvgIpc) is 2.93. The fraction of sp³-hybridized carbons (Fsp3) is 0.440. The van der Waals surface area contributed by atoms with Crippen molar-refractivity contribution < 1.29 is 10.2 Å². The fourth-order valence-electron chi connectivity index (χ4n) is 6.33. The van der Waals surface area contributed by atoms with Gasteiger partial charge in [0, 0.05) is 5.41 Å². The maximum atomic E-state index is 11.2. The second-order valence-electron chi connectivity index (χ2n) is 9.08. The summed E-state index contributed by atoms with van der Waals surface area (Å²) in [6.45, 7) is 2.32. The van der Waals surface area contributed by atoms with E-state index in [4.69, 9.17) is 0 Å². The van der Waals surface area contributed by atoms with Crippen molar-refractivity contribution in [3.8, 4) is 5.75 Å². The number of aromatic hydroxyl groups is 1. The van der Waals surface area contributed by atoms with Gasteiger partial charge in [-0.05, 0) is 84.3 Å². The van der Waals surface area contributed by atoms with Crippen molar-refractivity contribution in [1.29, 1.82) is 0 Å². The van der Waals surface area contributed by atoms with Crippen molar-refractivity contribution in [1.82, 2.24) is 0 Å². The second kappa shape index (κ2) is 6.24. The molecule has 140 valence electrons. The number of phenols is 1. The molecule has 2 nitrogen and oxygen atoms in total. The summed E-state index contributed by atoms with van der Waals surface area (Å²) in [6.07, 6.45) is 7.35. The highest BCUT2D eigenvalue weighted by Gasteiger charge is 2.56. The van der Waals surface area contributed by atoms with Crippen LogP contribution in [0.4, 0.5) is 0 Å². The Bertz CT molecular complexity index is 884. The number of benzene rings is 2. The predicted molar refractivity (Wildman–Crippen MR) is 109 cm³/mol. The van der Waals surface area contributed by atoms with Crippen LogP contribution in [0.5, 0.6) is 5.75 Å². The lowest BCUT2D eigenvalue weighted by molar-refractivity contribution is -0.0158. The van der Waals surface area contributed by atoms with Gasteiger partial charge in [-0.25, -0.2) is 0 Å². The molecule has 2 fully saturated rings. The van der Waals surface area contributed by atoms with Crippen molar-refractivity contribution >= 4 is 6.08 Å². The molecule has 0 saturated heterocycles. The molecule has 2 aromatic rings. The van der Waals surface area contributed by atoms with Gasteiger partial charge in [-0.3, -0.25) is 0 Å². The van der Waals surface area contributed by atoms with E-state index in [2.05, 4.69) is 43.3 Å². The van der Waals surface area contributed by atoms with Crippen LogP contribution in [-0.4, -0.2) is 16.3 Å². The zero-order valence-electron chi connectivity index (χ0n) is 15.9. The molecule has 5 unspecified atom stereocenters. The van der Waals surface area contributed by atoms with E-state index in [-0.39, 0.29) is 11.5 Å². The Kier molecular flexibility index (Phi) is 3.94. The number of fused-ring (bicyclic) bond motifs is 5. The highest BCUT2D eigenvalue weighted by Crippen LogP contribution is 2.62. The van der Waals surface area contributed by atoms with E-state index in [0.29, 0.717) is 23.5 Å². The largest absolute Gasteiger partial charge is 0.508 e. The quantitative estimate of drug-likeness (QED) is 0.724. The summed E-state index contributed by atoms with van der Waals surface area (Å²) in [4.78, 5) is 0. The van der Waals surface area contributed by atoms with Crippen LogP contribution < -0.4 is 0 Å². The normalized spacial score (nSPS) is 36.1. The topological polar surface area (TPSA) is 40.5 Å². The number of hydrogen-bond acceptors (Lipinski definition) is 2. The van der Waals surface area contributed by atoms with E-state index >= 15 is 0 Å². The number of aliphatic hydroxyl groups excluding tert-OH is 1. The number of hydrogen-bond donors (Lipinski definition) is 2. The summed E-state index contributed by atoms with van der Waals surface area (Å²) in [7, 11) is 0. The number of rotatable bonds is 1. The Morgan fingerprint density at radius 1 is 1.07 bits per heavy atom. The van der Waals surface area contributed by atoms with Gasteiger partial charge in [-0.1, -0.05) is 49.4 Å². The van der Waals surface area contributed by atoms with Crippen molar-refractivity contribution in [2.24, 2.45) is 17.3 Å². The summed E-state index contributed by atoms with van der Waals surface area (Å²) < 4.78 is 0. The highest BCUT2D eigenvalue weighted by molar-refractivity contribution is 5.55. The van der Waals surface area contributed by atoms with Crippen molar-refractivity contribution in [3.05, 3.63) is 70.8 Å². The molecule has 0 aliphatic heterocycles. The lowest BCUT2D eigenvalue weighted by Crippen LogP contribution is -2.44. The molecule has 0 spiro atoms. The maximum absolute atomic E-state index is 11.2. The lowest BCUT2D eigenvalue weighted by atomic mass is 9.55. The zero-order chi connectivity index (χ0) is 18.6. The van der Waals surface area contributed by atoms with E-state index in [1.807, 2.05) is 18.2 Å². The Balaban J connectivity index is 1.49. The van der Waals surface area contributed by atoms with Crippen molar-refractivity contribution in [2.45, 2.75) is 51.0 Å². The van der Waals surface area contributed by atoms with Gasteiger partial charge in [0.25, 0.3) is 0 Å². The summed E-state index contributed by atoms with van der Waals surface area (Å²) in [5.41, 5.74) is 5.18. The molecule has 2 saturated carbocycles. The van der Waals surface area contributed by atoms with Gasteiger partial charge in [0.05, 0.1) is 6.10 Å². The van der Waals surface area contributed by atoms with Gasteiger partial charge in [0.1, 0.15) is 5.75 Å². The first-order valence-corrected chi connectivity index (χ1v) is 10.3. The minimum absolute atomic E-state index is 0.00377. The number of phenolic OH excluding ortho intramolecular Hbond substituents is 1. The third-order valence-electron chi connectivity index (χ3n) is 7.73. The molecule has 0 amide bonds. The van der Waals surface area contributed by atoms with Crippen LogP contribution in [0.1, 0.15) is 55.2 Å². The van der Waals surface area contributed by atoms with Crippen molar-refractivity contribution in [3.63, 3.8) is 0 Å². The van der Waals surface area contributed by atoms with E-state index in [1.54, 1.807) is 0 Å². The Hall–Kier alpha value is -2.06. The summed E-state index contributed by atoms with van der Waals surface area (Å²) >= 11 is 0. The smallest absolute Gasteiger partial charge is 0.115 e. The van der Waals surface area contributed by atoms with Crippen LogP contribution in [0.2, 0.25) is 0 Å². The first-order valence-electron chi connectivity index (χ1n) is 10.3. The minimum Gasteiger partial charge on any atom is -0.508 e. The molecular weight excluding hydrogens is 332 g/mol. The van der Waals surface area contributed by atoms with Gasteiger partial charge < -0.3 is 10.2 Å². The van der Waals surface area contributed by atoms with E-state index in [0.717, 1.165) is 25.7 Å². The van der Waals surface area contributed by atoms with Crippen molar-refractivity contribution in [2.75, 3.05) is 0 Å². The average molecular weight is 360 g/mol.